The number of nitrogens with zero attached hydrogens (tertiary/aromatic N) is 1. The van der Waals surface area contributed by atoms with E-state index in [4.69, 9.17) is 4.74 Å². The van der Waals surface area contributed by atoms with Gasteiger partial charge < -0.3 is 19.4 Å². The lowest BCUT2D eigenvalue weighted by Gasteiger charge is -2.35. The Kier molecular flexibility index (Phi) is 6.70. The van der Waals surface area contributed by atoms with Crippen LogP contribution in [0.15, 0.2) is 48.5 Å². The van der Waals surface area contributed by atoms with Gasteiger partial charge in [0.2, 0.25) is 0 Å². The van der Waals surface area contributed by atoms with Crippen molar-refractivity contribution in [2.75, 3.05) is 47.4 Å². The summed E-state index contributed by atoms with van der Waals surface area (Å²) in [6.45, 7) is 7.17. The van der Waals surface area contributed by atoms with Gasteiger partial charge in [-0.1, -0.05) is 42.0 Å². The maximum atomic E-state index is 12.9. The van der Waals surface area contributed by atoms with Crippen LogP contribution in [-0.2, 0) is 11.3 Å². The number of ether oxygens (including phenoxy) is 1. The van der Waals surface area contributed by atoms with Crippen molar-refractivity contribution < 1.29 is 19.3 Å². The third kappa shape index (κ3) is 4.72. The summed E-state index contributed by atoms with van der Waals surface area (Å²) in [6.07, 6.45) is 0. The van der Waals surface area contributed by atoms with Crippen LogP contribution in [0, 0.1) is 6.92 Å². The minimum atomic E-state index is -0.119. The zero-order chi connectivity index (χ0) is 20.1. The Labute approximate surface area is 168 Å². The molecule has 5 nitrogen and oxygen atoms in total. The summed E-state index contributed by atoms with van der Waals surface area (Å²) in [4.78, 5) is 17.6. The Morgan fingerprint density at radius 1 is 1.07 bits per heavy atom. The van der Waals surface area contributed by atoms with Gasteiger partial charge >= 0.3 is 0 Å². The maximum Gasteiger partial charge on any atom is 0.285 e. The van der Waals surface area contributed by atoms with Gasteiger partial charge in [-0.25, -0.2) is 0 Å². The topological polar surface area (TPSA) is 38.4 Å². The summed E-state index contributed by atoms with van der Waals surface area (Å²) in [7, 11) is 5.44. The van der Waals surface area contributed by atoms with Crippen LogP contribution in [0.25, 0.3) is 0 Å². The number of carbonyl (C=O) groups excluding carboxylic acids is 1. The molecule has 0 saturated carbocycles. The lowest BCUT2D eigenvalue weighted by molar-refractivity contribution is -1.03. The molecule has 2 aromatic rings. The number of carbonyl (C=O) groups is 1. The first kappa shape index (κ1) is 20.4. The van der Waals surface area contributed by atoms with E-state index in [1.807, 2.05) is 32.3 Å². The molecule has 1 saturated heterocycles. The van der Waals surface area contributed by atoms with Gasteiger partial charge in [0, 0.05) is 25.2 Å². The second-order valence-electron chi connectivity index (χ2n) is 7.98. The lowest BCUT2D eigenvalue weighted by Crippen LogP contribution is -3.28. The number of piperazine rings is 1. The van der Waals surface area contributed by atoms with Gasteiger partial charge in [0.25, 0.3) is 5.91 Å². The number of aryl methyl sites for hydroxylation is 1. The quantitative estimate of drug-likeness (QED) is 0.744. The number of hydrogen-bond acceptors (Lipinski definition) is 2. The molecule has 1 aliphatic rings. The van der Waals surface area contributed by atoms with Gasteiger partial charge in [-0.3, -0.25) is 4.79 Å². The Morgan fingerprint density at radius 3 is 2.36 bits per heavy atom. The molecule has 28 heavy (non-hydrogen) atoms. The monoisotopic (exact) mass is 383 g/mol. The molecule has 0 aliphatic carbocycles. The lowest BCUT2D eigenvalue weighted by atomic mass is 10.0. The molecule has 2 aromatic carbocycles. The SMILES string of the molecule is COc1ccc(C)cc1C[NH+]1CC[NH+]([C@H](C(=O)N(C)C)c2ccccc2)CC1. The Hall–Kier alpha value is -2.37. The van der Waals surface area contributed by atoms with Crippen molar-refractivity contribution in [3.8, 4) is 5.75 Å². The van der Waals surface area contributed by atoms with Gasteiger partial charge in [-0.15, -0.1) is 0 Å². The van der Waals surface area contributed by atoms with Crippen molar-refractivity contribution in [3.05, 3.63) is 65.2 Å². The number of benzene rings is 2. The molecular weight excluding hydrogens is 350 g/mol. The molecule has 1 aliphatic heterocycles. The molecule has 0 aromatic heterocycles. The van der Waals surface area contributed by atoms with Crippen LogP contribution in [-0.4, -0.2) is 58.2 Å². The first-order valence-corrected chi connectivity index (χ1v) is 10.1. The largest absolute Gasteiger partial charge is 0.496 e. The van der Waals surface area contributed by atoms with Crippen LogP contribution >= 0.6 is 0 Å². The molecule has 0 unspecified atom stereocenters. The Bertz CT molecular complexity index is 784. The highest BCUT2D eigenvalue weighted by atomic mass is 16.5. The van der Waals surface area contributed by atoms with Gasteiger partial charge in [0.05, 0.1) is 7.11 Å². The predicted octanol–water partition coefficient (Wildman–Crippen LogP) is 0.117. The maximum absolute atomic E-state index is 12.9. The number of hydrogen-bond donors (Lipinski definition) is 2. The first-order chi connectivity index (χ1) is 13.5. The minimum absolute atomic E-state index is 0.119. The molecule has 5 heteroatoms. The van der Waals surface area contributed by atoms with Gasteiger partial charge in [0.15, 0.2) is 6.04 Å². The van der Waals surface area contributed by atoms with E-state index in [2.05, 4.69) is 37.3 Å². The highest BCUT2D eigenvalue weighted by Crippen LogP contribution is 2.18. The third-order valence-electron chi connectivity index (χ3n) is 5.70. The number of nitrogens with one attached hydrogen (secondary N) is 2. The Balaban J connectivity index is 1.69. The highest BCUT2D eigenvalue weighted by molar-refractivity contribution is 5.81. The van der Waals surface area contributed by atoms with E-state index in [-0.39, 0.29) is 11.9 Å². The summed E-state index contributed by atoms with van der Waals surface area (Å²) in [5.74, 6) is 1.16. The second-order valence-corrected chi connectivity index (χ2v) is 7.98. The number of rotatable bonds is 6. The molecule has 0 radical (unpaired) electrons. The van der Waals surface area contributed by atoms with Crippen LogP contribution in [0.3, 0.4) is 0 Å². The van der Waals surface area contributed by atoms with Crippen molar-refractivity contribution in [2.24, 2.45) is 0 Å². The highest BCUT2D eigenvalue weighted by Gasteiger charge is 2.36. The zero-order valence-corrected chi connectivity index (χ0v) is 17.5. The predicted molar refractivity (Wildman–Crippen MR) is 111 cm³/mol. The van der Waals surface area contributed by atoms with E-state index in [0.29, 0.717) is 0 Å². The van der Waals surface area contributed by atoms with Gasteiger partial charge in [-0.2, -0.15) is 0 Å². The minimum Gasteiger partial charge on any atom is -0.496 e. The zero-order valence-electron chi connectivity index (χ0n) is 17.5. The molecule has 0 bridgehead atoms. The molecule has 0 spiro atoms. The van der Waals surface area contributed by atoms with Crippen LogP contribution in [0.5, 0.6) is 5.75 Å². The van der Waals surface area contributed by atoms with E-state index in [9.17, 15) is 4.79 Å². The van der Waals surface area contributed by atoms with Crippen molar-refractivity contribution in [1.82, 2.24) is 4.90 Å². The summed E-state index contributed by atoms with van der Waals surface area (Å²) in [5.41, 5.74) is 3.64. The average Bonchev–Trinajstić information content (AvgIpc) is 2.70. The molecule has 2 N–H and O–H groups in total. The average molecular weight is 384 g/mol. The normalized spacial score (nSPS) is 20.4. The van der Waals surface area contributed by atoms with E-state index in [1.165, 1.54) is 16.0 Å². The molecule has 1 atom stereocenters. The summed E-state index contributed by atoms with van der Waals surface area (Å²) >= 11 is 0. The molecule has 150 valence electrons. The van der Waals surface area contributed by atoms with Crippen molar-refractivity contribution in [3.63, 3.8) is 0 Å². The first-order valence-electron chi connectivity index (χ1n) is 10.1. The number of methoxy groups -OCH3 is 1. The van der Waals surface area contributed by atoms with Crippen LogP contribution in [0.2, 0.25) is 0 Å². The summed E-state index contributed by atoms with van der Waals surface area (Å²) in [6, 6.07) is 16.5. The fourth-order valence-electron chi connectivity index (χ4n) is 4.16. The second kappa shape index (κ2) is 9.22. The van der Waals surface area contributed by atoms with Crippen molar-refractivity contribution in [2.45, 2.75) is 19.5 Å². The smallest absolute Gasteiger partial charge is 0.285 e. The molecule has 1 heterocycles. The summed E-state index contributed by atoms with van der Waals surface area (Å²) in [5, 5.41) is 0. The van der Waals surface area contributed by atoms with E-state index < -0.39 is 0 Å². The fraction of sp³-hybridized carbons (Fsp3) is 0.435. The molecular formula is C23H33N3O2+2. The summed E-state index contributed by atoms with van der Waals surface area (Å²) < 4.78 is 5.55. The van der Waals surface area contributed by atoms with Crippen LogP contribution < -0.4 is 14.5 Å². The van der Waals surface area contributed by atoms with E-state index in [0.717, 1.165) is 44.0 Å². The third-order valence-corrected chi connectivity index (χ3v) is 5.70. The molecule has 1 fully saturated rings. The van der Waals surface area contributed by atoms with Crippen molar-refractivity contribution >= 4 is 5.91 Å². The number of likely N-dealkylation sites (N-methyl/N-ethyl adjacent to an activating group) is 1. The van der Waals surface area contributed by atoms with Gasteiger partial charge in [-0.05, 0) is 19.1 Å². The van der Waals surface area contributed by atoms with E-state index >= 15 is 0 Å². The molecule has 1 amide bonds. The number of amides is 1. The van der Waals surface area contributed by atoms with Crippen molar-refractivity contribution in [1.29, 1.82) is 0 Å². The standard InChI is InChI=1S/C23H31N3O2/c1-18-10-11-21(28-4)20(16-18)17-25-12-14-26(15-13-25)22(23(27)24(2)3)19-8-6-5-7-9-19/h5-11,16,22H,12-15,17H2,1-4H3/p+2/t22-/m0/s1. The molecule has 3 rings (SSSR count). The van der Waals surface area contributed by atoms with Crippen LogP contribution in [0.1, 0.15) is 22.7 Å². The van der Waals surface area contributed by atoms with Crippen LogP contribution in [0.4, 0.5) is 0 Å². The number of quaternary nitrogens is 2. The Morgan fingerprint density at radius 2 is 1.75 bits per heavy atom. The fourth-order valence-corrected chi connectivity index (χ4v) is 4.16. The van der Waals surface area contributed by atoms with Gasteiger partial charge in [0.1, 0.15) is 38.5 Å². The van der Waals surface area contributed by atoms with E-state index in [1.54, 1.807) is 16.9 Å².